The quantitative estimate of drug-likeness (QED) is 0.866. The fourth-order valence-electron chi connectivity index (χ4n) is 1.39. The highest BCUT2D eigenvalue weighted by molar-refractivity contribution is 5.85. The Bertz CT molecular complexity index is 402. The highest BCUT2D eigenvalue weighted by atomic mass is 16.6. The van der Waals surface area contributed by atoms with Crippen molar-refractivity contribution in [3.05, 3.63) is 23.8 Å². The molecule has 0 aliphatic rings. The molecule has 0 spiro atoms. The molecule has 18 heavy (non-hydrogen) atoms. The number of ether oxygens (including phenoxy) is 2. The van der Waals surface area contributed by atoms with E-state index in [-0.39, 0.29) is 0 Å². The minimum Gasteiger partial charge on any atom is -0.497 e. The lowest BCUT2D eigenvalue weighted by Crippen LogP contribution is -2.27. The van der Waals surface area contributed by atoms with Crippen molar-refractivity contribution in [1.29, 1.82) is 0 Å². The molecule has 100 valence electrons. The summed E-state index contributed by atoms with van der Waals surface area (Å²) in [4.78, 5) is 11.6. The second-order valence-electron chi connectivity index (χ2n) is 4.90. The molecular formula is C13H20N2O3. The molecule has 0 atom stereocenters. The zero-order valence-corrected chi connectivity index (χ0v) is 11.2. The van der Waals surface area contributed by atoms with Crippen LogP contribution in [-0.2, 0) is 11.3 Å². The molecule has 1 rings (SSSR count). The zero-order chi connectivity index (χ0) is 13.8. The van der Waals surface area contributed by atoms with Crippen LogP contribution in [0, 0.1) is 0 Å². The van der Waals surface area contributed by atoms with E-state index in [0.717, 1.165) is 5.56 Å². The van der Waals surface area contributed by atoms with Crippen molar-refractivity contribution in [3.63, 3.8) is 0 Å². The van der Waals surface area contributed by atoms with Gasteiger partial charge in [0.25, 0.3) is 0 Å². The Kier molecular flexibility index (Phi) is 4.55. The number of nitrogens with two attached hydrogens (primary N) is 1. The molecule has 5 nitrogen and oxygen atoms in total. The van der Waals surface area contributed by atoms with Gasteiger partial charge in [0.1, 0.15) is 11.4 Å². The average molecular weight is 252 g/mol. The van der Waals surface area contributed by atoms with Crippen LogP contribution in [-0.4, -0.2) is 18.8 Å². The van der Waals surface area contributed by atoms with Crippen LogP contribution in [0.3, 0.4) is 0 Å². The second-order valence-corrected chi connectivity index (χ2v) is 4.90. The monoisotopic (exact) mass is 252 g/mol. The van der Waals surface area contributed by atoms with Gasteiger partial charge >= 0.3 is 6.09 Å². The van der Waals surface area contributed by atoms with Gasteiger partial charge in [0.05, 0.1) is 7.11 Å². The maximum absolute atomic E-state index is 11.6. The van der Waals surface area contributed by atoms with Crippen molar-refractivity contribution in [2.75, 3.05) is 12.4 Å². The molecule has 0 radical (unpaired) electrons. The van der Waals surface area contributed by atoms with E-state index < -0.39 is 11.7 Å². The Labute approximate surface area is 107 Å². The maximum Gasteiger partial charge on any atom is 0.412 e. The summed E-state index contributed by atoms with van der Waals surface area (Å²) in [5.74, 6) is 0.643. The molecule has 0 aliphatic carbocycles. The minimum atomic E-state index is -0.528. The third-order valence-electron chi connectivity index (χ3n) is 2.08. The number of rotatable bonds is 3. The molecule has 0 bridgehead atoms. The number of carbonyl (C=O) groups is 1. The molecule has 1 amide bonds. The van der Waals surface area contributed by atoms with Crippen LogP contribution in [0.1, 0.15) is 26.3 Å². The highest BCUT2D eigenvalue weighted by Gasteiger charge is 2.16. The van der Waals surface area contributed by atoms with Gasteiger partial charge in [-0.1, -0.05) is 0 Å². The zero-order valence-electron chi connectivity index (χ0n) is 11.2. The summed E-state index contributed by atoms with van der Waals surface area (Å²) >= 11 is 0. The summed E-state index contributed by atoms with van der Waals surface area (Å²) < 4.78 is 10.3. The molecule has 5 heteroatoms. The van der Waals surface area contributed by atoms with E-state index in [1.165, 1.54) is 0 Å². The molecule has 0 saturated heterocycles. The van der Waals surface area contributed by atoms with E-state index in [1.54, 1.807) is 19.2 Å². The predicted octanol–water partition coefficient (Wildman–Crippen LogP) is 2.50. The summed E-state index contributed by atoms with van der Waals surface area (Å²) in [7, 11) is 1.56. The van der Waals surface area contributed by atoms with Gasteiger partial charge in [0, 0.05) is 18.3 Å². The Morgan fingerprint density at radius 2 is 2.00 bits per heavy atom. The van der Waals surface area contributed by atoms with E-state index in [2.05, 4.69) is 5.32 Å². The fraction of sp³-hybridized carbons (Fsp3) is 0.462. The first kappa shape index (κ1) is 14.3. The number of hydrogen-bond acceptors (Lipinski definition) is 4. The van der Waals surface area contributed by atoms with E-state index in [4.69, 9.17) is 15.2 Å². The highest BCUT2D eigenvalue weighted by Crippen LogP contribution is 2.21. The summed E-state index contributed by atoms with van der Waals surface area (Å²) in [5.41, 5.74) is 6.52. The fourth-order valence-corrected chi connectivity index (χ4v) is 1.39. The largest absolute Gasteiger partial charge is 0.497 e. The first-order chi connectivity index (χ1) is 8.34. The standard InChI is InChI=1S/C13H20N2O3/c1-13(2,3)18-12(16)15-10-5-9(8-14)6-11(7-10)17-4/h5-7H,8,14H2,1-4H3,(H,15,16). The van der Waals surface area contributed by atoms with Gasteiger partial charge in [-0.25, -0.2) is 4.79 Å². The van der Waals surface area contributed by atoms with Gasteiger partial charge in [-0.15, -0.1) is 0 Å². The Morgan fingerprint density at radius 3 is 2.50 bits per heavy atom. The number of methoxy groups -OCH3 is 1. The van der Waals surface area contributed by atoms with E-state index >= 15 is 0 Å². The first-order valence-corrected chi connectivity index (χ1v) is 5.72. The molecule has 0 aromatic heterocycles. The summed E-state index contributed by atoms with van der Waals surface area (Å²) in [5, 5.41) is 2.65. The molecule has 0 fully saturated rings. The molecule has 0 aliphatic heterocycles. The van der Waals surface area contributed by atoms with Gasteiger partial charge in [0.2, 0.25) is 0 Å². The van der Waals surface area contributed by atoms with Crippen molar-refractivity contribution in [3.8, 4) is 5.75 Å². The Balaban J connectivity index is 2.80. The number of hydrogen-bond donors (Lipinski definition) is 2. The lowest BCUT2D eigenvalue weighted by Gasteiger charge is -2.20. The lowest BCUT2D eigenvalue weighted by atomic mass is 10.2. The lowest BCUT2D eigenvalue weighted by molar-refractivity contribution is 0.0636. The van der Waals surface area contributed by atoms with Crippen molar-refractivity contribution in [1.82, 2.24) is 0 Å². The summed E-state index contributed by atoms with van der Waals surface area (Å²) in [6.45, 7) is 5.80. The predicted molar refractivity (Wildman–Crippen MR) is 70.7 cm³/mol. The summed E-state index contributed by atoms with van der Waals surface area (Å²) in [6, 6.07) is 5.32. The number of anilines is 1. The molecule has 0 heterocycles. The van der Waals surface area contributed by atoms with Crippen molar-refractivity contribution in [2.24, 2.45) is 5.73 Å². The van der Waals surface area contributed by atoms with Crippen LogP contribution < -0.4 is 15.8 Å². The van der Waals surface area contributed by atoms with Crippen LogP contribution in [0.5, 0.6) is 5.75 Å². The molecule has 0 saturated carbocycles. The van der Waals surface area contributed by atoms with Crippen LogP contribution in [0.4, 0.5) is 10.5 Å². The number of amides is 1. The first-order valence-electron chi connectivity index (χ1n) is 5.72. The normalized spacial score (nSPS) is 10.9. The van der Waals surface area contributed by atoms with Gasteiger partial charge in [0.15, 0.2) is 0 Å². The number of benzene rings is 1. The third kappa shape index (κ3) is 4.63. The van der Waals surface area contributed by atoms with E-state index in [1.807, 2.05) is 26.8 Å². The Hall–Kier alpha value is -1.75. The van der Waals surface area contributed by atoms with Gasteiger partial charge < -0.3 is 15.2 Å². The molecule has 1 aromatic rings. The third-order valence-corrected chi connectivity index (χ3v) is 2.08. The van der Waals surface area contributed by atoms with Gasteiger partial charge in [-0.3, -0.25) is 5.32 Å². The number of carbonyl (C=O) groups excluding carboxylic acids is 1. The molecule has 1 aromatic carbocycles. The minimum absolute atomic E-state index is 0.375. The van der Waals surface area contributed by atoms with Crippen LogP contribution in [0.15, 0.2) is 18.2 Å². The number of nitrogens with one attached hydrogen (secondary N) is 1. The smallest absolute Gasteiger partial charge is 0.412 e. The van der Waals surface area contributed by atoms with Crippen LogP contribution in [0.2, 0.25) is 0 Å². The second kappa shape index (κ2) is 5.73. The summed E-state index contributed by atoms with van der Waals surface area (Å²) in [6.07, 6.45) is -0.501. The molecule has 0 unspecified atom stereocenters. The van der Waals surface area contributed by atoms with E-state index in [0.29, 0.717) is 18.0 Å². The maximum atomic E-state index is 11.6. The topological polar surface area (TPSA) is 73.6 Å². The SMILES string of the molecule is COc1cc(CN)cc(NC(=O)OC(C)(C)C)c1. The van der Waals surface area contributed by atoms with Gasteiger partial charge in [-0.05, 0) is 38.5 Å². The average Bonchev–Trinajstić information content (AvgIpc) is 2.25. The van der Waals surface area contributed by atoms with Crippen molar-refractivity contribution in [2.45, 2.75) is 32.9 Å². The van der Waals surface area contributed by atoms with E-state index in [9.17, 15) is 4.79 Å². The van der Waals surface area contributed by atoms with Crippen LogP contribution in [0.25, 0.3) is 0 Å². The molecular weight excluding hydrogens is 232 g/mol. The molecule has 3 N–H and O–H groups in total. The van der Waals surface area contributed by atoms with Crippen molar-refractivity contribution < 1.29 is 14.3 Å². The Morgan fingerprint density at radius 1 is 1.33 bits per heavy atom. The van der Waals surface area contributed by atoms with Gasteiger partial charge in [-0.2, -0.15) is 0 Å². The van der Waals surface area contributed by atoms with Crippen LogP contribution >= 0.6 is 0 Å². The van der Waals surface area contributed by atoms with Crippen molar-refractivity contribution >= 4 is 11.8 Å².